The Morgan fingerprint density at radius 1 is 0.892 bits per heavy atom. The van der Waals surface area contributed by atoms with Gasteiger partial charge in [-0.25, -0.2) is 0 Å². The number of ether oxygens (including phenoxy) is 5. The molecule has 0 bridgehead atoms. The summed E-state index contributed by atoms with van der Waals surface area (Å²) >= 11 is 0. The molecule has 0 saturated carbocycles. The Hall–Kier alpha value is -4.40. The summed E-state index contributed by atoms with van der Waals surface area (Å²) in [4.78, 5) is 28.5. The highest BCUT2D eigenvalue weighted by Crippen LogP contribution is 2.55. The molecule has 1 spiro atoms. The molecule has 9 nitrogen and oxygen atoms in total. The second-order valence-electron chi connectivity index (χ2n) is 9.38. The van der Waals surface area contributed by atoms with Crippen molar-refractivity contribution in [1.29, 1.82) is 0 Å². The molecule has 4 heterocycles. The van der Waals surface area contributed by atoms with Crippen molar-refractivity contribution < 1.29 is 33.3 Å². The van der Waals surface area contributed by atoms with E-state index in [1.54, 1.807) is 17.0 Å². The number of para-hydroxylation sites is 3. The maximum Gasteiger partial charge on any atom is 0.264 e. The van der Waals surface area contributed by atoms with Crippen LogP contribution in [0.2, 0.25) is 0 Å². The average Bonchev–Trinajstić information content (AvgIpc) is 3.61. The van der Waals surface area contributed by atoms with Gasteiger partial charge in [-0.15, -0.1) is 0 Å². The van der Waals surface area contributed by atoms with Gasteiger partial charge in [0.05, 0.1) is 0 Å². The summed E-state index contributed by atoms with van der Waals surface area (Å²) in [5.74, 6) is 2.78. The first-order valence-electron chi connectivity index (χ1n) is 12.3. The molecule has 188 valence electrons. The summed E-state index contributed by atoms with van der Waals surface area (Å²) in [7, 11) is 0. The fourth-order valence-electron chi connectivity index (χ4n) is 5.50. The maximum absolute atomic E-state index is 14.0. The van der Waals surface area contributed by atoms with Gasteiger partial charge in [-0.2, -0.15) is 0 Å². The van der Waals surface area contributed by atoms with Crippen molar-refractivity contribution in [3.63, 3.8) is 0 Å². The van der Waals surface area contributed by atoms with E-state index in [9.17, 15) is 9.59 Å². The van der Waals surface area contributed by atoms with Crippen LogP contribution in [0.1, 0.15) is 17.5 Å². The molecule has 0 aromatic heterocycles. The number of nitrogens with zero attached hydrogens (tertiary/aromatic N) is 1. The Balaban J connectivity index is 1.05. The summed E-state index contributed by atoms with van der Waals surface area (Å²) in [6.45, 7) is 1.36. The molecular formula is C28H24N2O7. The normalized spacial score (nSPS) is 22.0. The number of hydrogen-bond acceptors (Lipinski definition) is 7. The summed E-state index contributed by atoms with van der Waals surface area (Å²) < 4.78 is 28.5. The first-order valence-corrected chi connectivity index (χ1v) is 12.3. The molecule has 0 radical (unpaired) electrons. The zero-order valence-corrected chi connectivity index (χ0v) is 19.9. The number of amides is 2. The molecule has 2 atom stereocenters. The molecule has 1 N–H and O–H groups in total. The highest BCUT2D eigenvalue weighted by molar-refractivity contribution is 6.11. The van der Waals surface area contributed by atoms with E-state index >= 15 is 0 Å². The van der Waals surface area contributed by atoms with E-state index in [1.807, 2.05) is 48.5 Å². The van der Waals surface area contributed by atoms with Gasteiger partial charge in [-0.1, -0.05) is 30.3 Å². The molecule has 0 aliphatic carbocycles. The van der Waals surface area contributed by atoms with Crippen molar-refractivity contribution in [1.82, 2.24) is 5.32 Å². The predicted octanol–water partition coefficient (Wildman–Crippen LogP) is 2.79. The van der Waals surface area contributed by atoms with Crippen LogP contribution >= 0.6 is 0 Å². The number of benzene rings is 3. The SMILES string of the molecule is O=C(NCCCN1C(=O)C2(COc3cc4c(cc32)OCO4)c2ccccc21)C1COc2ccccc2O1. The number of fused-ring (bicyclic) bond motifs is 6. The van der Waals surface area contributed by atoms with Crippen molar-refractivity contribution in [2.24, 2.45) is 0 Å². The maximum atomic E-state index is 14.0. The Kier molecular flexibility index (Phi) is 4.92. The van der Waals surface area contributed by atoms with Crippen LogP contribution in [-0.2, 0) is 15.0 Å². The van der Waals surface area contributed by atoms with E-state index in [0.717, 1.165) is 16.8 Å². The summed E-state index contributed by atoms with van der Waals surface area (Å²) in [5, 5.41) is 2.91. The lowest BCUT2D eigenvalue weighted by Crippen LogP contribution is -2.45. The Morgan fingerprint density at radius 2 is 1.68 bits per heavy atom. The van der Waals surface area contributed by atoms with Crippen molar-refractivity contribution in [3.05, 3.63) is 71.8 Å². The van der Waals surface area contributed by atoms with Crippen LogP contribution in [-0.4, -0.2) is 51.0 Å². The third-order valence-corrected chi connectivity index (χ3v) is 7.30. The number of rotatable bonds is 5. The largest absolute Gasteiger partial charge is 0.491 e. The fraction of sp³-hybridized carbons (Fsp3) is 0.286. The van der Waals surface area contributed by atoms with E-state index < -0.39 is 11.5 Å². The lowest BCUT2D eigenvalue weighted by molar-refractivity contribution is -0.130. The van der Waals surface area contributed by atoms with Crippen molar-refractivity contribution >= 4 is 17.5 Å². The first-order chi connectivity index (χ1) is 18.1. The average molecular weight is 501 g/mol. The minimum Gasteiger partial charge on any atom is -0.491 e. The van der Waals surface area contributed by atoms with Crippen LogP contribution in [0.15, 0.2) is 60.7 Å². The Labute approximate surface area is 212 Å². The summed E-state index contributed by atoms with van der Waals surface area (Å²) in [6, 6.07) is 18.7. The lowest BCUT2D eigenvalue weighted by atomic mass is 9.77. The molecule has 3 aromatic rings. The van der Waals surface area contributed by atoms with Crippen molar-refractivity contribution in [2.45, 2.75) is 17.9 Å². The van der Waals surface area contributed by atoms with Gasteiger partial charge in [0.15, 0.2) is 23.0 Å². The number of carbonyl (C=O) groups is 2. The van der Waals surface area contributed by atoms with Crippen LogP contribution in [0.4, 0.5) is 5.69 Å². The molecule has 0 saturated heterocycles. The van der Waals surface area contributed by atoms with Gasteiger partial charge in [0.2, 0.25) is 18.8 Å². The fourth-order valence-corrected chi connectivity index (χ4v) is 5.50. The summed E-state index contributed by atoms with van der Waals surface area (Å²) in [5.41, 5.74) is 1.62. The molecule has 2 unspecified atom stereocenters. The number of anilines is 1. The first kappa shape index (κ1) is 21.8. The van der Waals surface area contributed by atoms with Crippen LogP contribution in [0, 0.1) is 0 Å². The van der Waals surface area contributed by atoms with E-state index in [0.29, 0.717) is 48.3 Å². The molecule has 37 heavy (non-hydrogen) atoms. The summed E-state index contributed by atoms with van der Waals surface area (Å²) in [6.07, 6.45) is -0.145. The zero-order chi connectivity index (χ0) is 25.0. The Morgan fingerprint density at radius 3 is 2.57 bits per heavy atom. The van der Waals surface area contributed by atoms with Gasteiger partial charge in [0, 0.05) is 30.4 Å². The van der Waals surface area contributed by atoms with E-state index in [-0.39, 0.29) is 31.8 Å². The van der Waals surface area contributed by atoms with Gasteiger partial charge >= 0.3 is 0 Å². The van der Waals surface area contributed by atoms with Gasteiger partial charge < -0.3 is 33.9 Å². The van der Waals surface area contributed by atoms with Crippen LogP contribution in [0.3, 0.4) is 0 Å². The van der Waals surface area contributed by atoms with Crippen molar-refractivity contribution in [3.8, 4) is 28.7 Å². The van der Waals surface area contributed by atoms with Crippen LogP contribution in [0.5, 0.6) is 28.7 Å². The van der Waals surface area contributed by atoms with E-state index in [1.165, 1.54) is 0 Å². The highest BCUT2D eigenvalue weighted by atomic mass is 16.7. The topological polar surface area (TPSA) is 95.6 Å². The minimum absolute atomic E-state index is 0.0433. The van der Waals surface area contributed by atoms with Gasteiger partial charge in [-0.05, 0) is 36.2 Å². The predicted molar refractivity (Wildman–Crippen MR) is 132 cm³/mol. The molecule has 9 heteroatoms. The molecule has 4 aliphatic rings. The third-order valence-electron chi connectivity index (χ3n) is 7.30. The van der Waals surface area contributed by atoms with Crippen LogP contribution in [0.25, 0.3) is 0 Å². The van der Waals surface area contributed by atoms with Gasteiger partial charge in [-0.3, -0.25) is 9.59 Å². The quantitative estimate of drug-likeness (QED) is 0.539. The molecule has 3 aromatic carbocycles. The number of nitrogens with one attached hydrogen (secondary N) is 1. The van der Waals surface area contributed by atoms with E-state index in [2.05, 4.69) is 5.32 Å². The molecular weight excluding hydrogens is 476 g/mol. The lowest BCUT2D eigenvalue weighted by Gasteiger charge is -2.26. The monoisotopic (exact) mass is 500 g/mol. The zero-order valence-electron chi connectivity index (χ0n) is 19.9. The minimum atomic E-state index is -0.934. The molecule has 4 aliphatic heterocycles. The molecule has 0 fully saturated rings. The standard InChI is InChI=1S/C28H24N2O7/c31-26(25-14-33-20-8-3-4-9-21(20)37-25)29-10-5-11-30-19-7-2-1-6-17(19)28(27(30)32)15-34-22-13-24-23(12-18(22)28)35-16-36-24/h1-4,6-9,12-13,25H,5,10-11,14-16H2,(H,29,31). The molecule has 7 rings (SSSR count). The smallest absolute Gasteiger partial charge is 0.264 e. The second kappa shape index (κ2) is 8.33. The Bertz CT molecular complexity index is 1420. The second-order valence-corrected chi connectivity index (χ2v) is 9.38. The van der Waals surface area contributed by atoms with Gasteiger partial charge in [0.1, 0.15) is 24.4 Å². The number of carbonyl (C=O) groups excluding carboxylic acids is 2. The van der Waals surface area contributed by atoms with Gasteiger partial charge in [0.25, 0.3) is 5.91 Å². The number of hydrogen-bond donors (Lipinski definition) is 1. The van der Waals surface area contributed by atoms with E-state index in [4.69, 9.17) is 23.7 Å². The highest BCUT2D eigenvalue weighted by Gasteiger charge is 2.57. The van der Waals surface area contributed by atoms with Crippen LogP contribution < -0.4 is 33.9 Å². The van der Waals surface area contributed by atoms with Crippen molar-refractivity contribution in [2.75, 3.05) is 38.0 Å². The third kappa shape index (κ3) is 3.30. The molecule has 2 amide bonds.